The molecule has 0 aromatic heterocycles. The summed E-state index contributed by atoms with van der Waals surface area (Å²) in [4.78, 5) is 6.60. The zero-order valence-corrected chi connectivity index (χ0v) is 12.5. The number of hydrogen-bond donors (Lipinski definition) is 1. The van der Waals surface area contributed by atoms with Gasteiger partial charge < -0.3 is 10.6 Å². The minimum atomic E-state index is -0.598. The van der Waals surface area contributed by atoms with Crippen molar-refractivity contribution in [3.8, 4) is 0 Å². The normalized spacial score (nSPS) is 19.4. The van der Waals surface area contributed by atoms with E-state index in [9.17, 15) is 8.78 Å². The van der Waals surface area contributed by atoms with E-state index in [0.717, 1.165) is 22.5 Å². The molecule has 3 nitrogen and oxygen atoms in total. The van der Waals surface area contributed by atoms with Crippen molar-refractivity contribution < 1.29 is 8.78 Å². The minimum absolute atomic E-state index is 0.303. The van der Waals surface area contributed by atoms with Gasteiger partial charge in [-0.2, -0.15) is 0 Å². The number of halogens is 2. The molecule has 0 aliphatic carbocycles. The number of fused-ring (bicyclic) bond motifs is 1. The predicted octanol–water partition coefficient (Wildman–Crippen LogP) is 3.30. The Morgan fingerprint density at radius 2 is 1.95 bits per heavy atom. The summed E-state index contributed by atoms with van der Waals surface area (Å²) < 4.78 is 27.0. The highest BCUT2D eigenvalue weighted by atomic mass is 32.2. The lowest BCUT2D eigenvalue weighted by Gasteiger charge is -2.29. The summed E-state index contributed by atoms with van der Waals surface area (Å²) in [6, 6.07) is 3.21. The Hall–Kier alpha value is -1.66. The van der Waals surface area contributed by atoms with Crippen LogP contribution in [-0.4, -0.2) is 22.7 Å². The van der Waals surface area contributed by atoms with E-state index in [1.54, 1.807) is 0 Å². The van der Waals surface area contributed by atoms with Gasteiger partial charge in [-0.05, 0) is 37.0 Å². The lowest BCUT2D eigenvalue weighted by Crippen LogP contribution is -2.32. The summed E-state index contributed by atoms with van der Waals surface area (Å²) in [7, 11) is 0. The second kappa shape index (κ2) is 5.27. The molecule has 0 spiro atoms. The largest absolute Gasteiger partial charge is 0.323 e. The molecule has 2 N–H and O–H groups in total. The van der Waals surface area contributed by atoms with Crippen LogP contribution in [0, 0.1) is 11.6 Å². The minimum Gasteiger partial charge on any atom is -0.323 e. The van der Waals surface area contributed by atoms with Crippen molar-refractivity contribution in [2.45, 2.75) is 19.9 Å². The fraction of sp³-hybridized carbons (Fsp3) is 0.267. The third-order valence-electron chi connectivity index (χ3n) is 3.48. The number of amidine groups is 1. The highest BCUT2D eigenvalue weighted by molar-refractivity contribution is 8.16. The van der Waals surface area contributed by atoms with Crippen LogP contribution in [-0.2, 0) is 0 Å². The molecular weight excluding hydrogens is 292 g/mol. The van der Waals surface area contributed by atoms with Crippen molar-refractivity contribution in [3.63, 3.8) is 0 Å². The van der Waals surface area contributed by atoms with Crippen molar-refractivity contribution in [3.05, 3.63) is 52.2 Å². The fourth-order valence-electron chi connectivity index (χ4n) is 2.45. The summed E-state index contributed by atoms with van der Waals surface area (Å²) in [5, 5.41) is 2.87. The second-order valence-corrected chi connectivity index (χ2v) is 6.00. The summed E-state index contributed by atoms with van der Waals surface area (Å²) in [6.45, 7) is 4.33. The Morgan fingerprint density at radius 3 is 2.57 bits per heavy atom. The van der Waals surface area contributed by atoms with Gasteiger partial charge in [-0.25, -0.2) is 13.8 Å². The maximum Gasteiger partial charge on any atom is 0.173 e. The van der Waals surface area contributed by atoms with E-state index in [1.165, 1.54) is 23.9 Å². The van der Waals surface area contributed by atoms with Crippen molar-refractivity contribution in [1.82, 2.24) is 4.90 Å². The van der Waals surface area contributed by atoms with Crippen LogP contribution in [0.25, 0.3) is 5.57 Å². The van der Waals surface area contributed by atoms with Gasteiger partial charge in [0.15, 0.2) is 5.17 Å². The van der Waals surface area contributed by atoms with Gasteiger partial charge in [-0.1, -0.05) is 11.8 Å². The Labute approximate surface area is 126 Å². The highest BCUT2D eigenvalue weighted by Crippen LogP contribution is 2.36. The molecule has 1 unspecified atom stereocenters. The summed E-state index contributed by atoms with van der Waals surface area (Å²) in [6.07, 6.45) is 0. The van der Waals surface area contributed by atoms with E-state index >= 15 is 0 Å². The van der Waals surface area contributed by atoms with Gasteiger partial charge in [0.2, 0.25) is 0 Å². The number of allylic oxidation sites excluding steroid dienone is 1. The van der Waals surface area contributed by atoms with E-state index in [4.69, 9.17) is 5.73 Å². The van der Waals surface area contributed by atoms with Gasteiger partial charge in [-0.3, -0.25) is 0 Å². The van der Waals surface area contributed by atoms with Crippen LogP contribution in [0.3, 0.4) is 0 Å². The summed E-state index contributed by atoms with van der Waals surface area (Å²) in [5.41, 5.74) is 9.00. The van der Waals surface area contributed by atoms with Crippen molar-refractivity contribution in [2.75, 3.05) is 6.54 Å². The Bertz CT molecular complexity index is 672. The van der Waals surface area contributed by atoms with Crippen LogP contribution in [0.2, 0.25) is 0 Å². The number of aliphatic imine (C=N–C) groups is 1. The van der Waals surface area contributed by atoms with E-state index in [2.05, 4.69) is 4.99 Å². The smallest absolute Gasteiger partial charge is 0.173 e. The number of benzene rings is 1. The average molecular weight is 307 g/mol. The molecule has 0 fully saturated rings. The molecule has 0 saturated carbocycles. The molecule has 21 heavy (non-hydrogen) atoms. The monoisotopic (exact) mass is 307 g/mol. The molecule has 2 aliphatic heterocycles. The second-order valence-electron chi connectivity index (χ2n) is 5.17. The van der Waals surface area contributed by atoms with Crippen LogP contribution >= 0.6 is 11.8 Å². The first-order valence-corrected chi connectivity index (χ1v) is 7.48. The topological polar surface area (TPSA) is 41.6 Å². The lowest BCUT2D eigenvalue weighted by atomic mass is 9.99. The quantitative estimate of drug-likeness (QED) is 0.911. The van der Waals surface area contributed by atoms with Gasteiger partial charge in [0.1, 0.15) is 11.6 Å². The molecule has 0 saturated heterocycles. The molecule has 2 heterocycles. The Balaban J connectivity index is 2.12. The zero-order chi connectivity index (χ0) is 15.1. The maximum absolute atomic E-state index is 13.5. The van der Waals surface area contributed by atoms with Crippen molar-refractivity contribution >= 4 is 22.5 Å². The molecule has 1 aromatic rings. The first-order valence-electron chi connectivity index (χ1n) is 6.60. The van der Waals surface area contributed by atoms with Gasteiger partial charge in [-0.15, -0.1) is 0 Å². The Morgan fingerprint density at radius 1 is 1.29 bits per heavy atom. The Kier molecular flexibility index (Phi) is 3.59. The van der Waals surface area contributed by atoms with Crippen molar-refractivity contribution in [2.24, 2.45) is 10.7 Å². The molecule has 0 amide bonds. The van der Waals surface area contributed by atoms with Gasteiger partial charge in [0.25, 0.3) is 0 Å². The molecular formula is C15H15F2N3S. The average Bonchev–Trinajstić information content (AvgIpc) is 2.77. The van der Waals surface area contributed by atoms with Crippen LogP contribution in [0.5, 0.6) is 0 Å². The van der Waals surface area contributed by atoms with Crippen LogP contribution in [0.1, 0.15) is 19.4 Å². The molecule has 2 aliphatic rings. The third kappa shape index (κ3) is 2.61. The van der Waals surface area contributed by atoms with E-state index in [-0.39, 0.29) is 6.04 Å². The molecule has 1 aromatic carbocycles. The number of rotatable bonds is 2. The number of nitrogens with two attached hydrogens (primary N) is 1. The summed E-state index contributed by atoms with van der Waals surface area (Å²) >= 11 is 1.54. The standard InChI is InChI=1S/C15H15F2N3S/c1-8-7-21-15-19-14(9(2)18)13(6-20(8)15)10-3-11(16)5-12(17)4-10/h3-5,7,9H,6,18H2,1-2H3. The fourth-order valence-corrected chi connectivity index (χ4v) is 3.34. The maximum atomic E-state index is 13.5. The molecule has 1 atom stereocenters. The molecule has 6 heteroatoms. The number of nitrogens with zero attached hydrogens (tertiary/aromatic N) is 2. The third-order valence-corrected chi connectivity index (χ3v) is 4.46. The van der Waals surface area contributed by atoms with Crippen LogP contribution in [0.15, 0.2) is 40.0 Å². The highest BCUT2D eigenvalue weighted by Gasteiger charge is 2.29. The van der Waals surface area contributed by atoms with Gasteiger partial charge >= 0.3 is 0 Å². The SMILES string of the molecule is CC1=CSC2=NC(C(C)N)=C(c3cc(F)cc(F)c3)CN12. The van der Waals surface area contributed by atoms with Gasteiger partial charge in [0.05, 0.1) is 12.2 Å². The van der Waals surface area contributed by atoms with E-state index in [0.29, 0.717) is 17.8 Å². The van der Waals surface area contributed by atoms with Crippen LogP contribution in [0.4, 0.5) is 8.78 Å². The predicted molar refractivity (Wildman–Crippen MR) is 82.4 cm³/mol. The first-order chi connectivity index (χ1) is 9.95. The molecule has 0 bridgehead atoms. The molecule has 3 rings (SSSR count). The molecule has 110 valence electrons. The molecule has 0 radical (unpaired) electrons. The zero-order valence-electron chi connectivity index (χ0n) is 11.7. The first kappa shape index (κ1) is 14.3. The van der Waals surface area contributed by atoms with Crippen molar-refractivity contribution in [1.29, 1.82) is 0 Å². The van der Waals surface area contributed by atoms with Crippen LogP contribution < -0.4 is 5.73 Å². The number of thioether (sulfide) groups is 1. The lowest BCUT2D eigenvalue weighted by molar-refractivity contribution is 0.572. The van der Waals surface area contributed by atoms with E-state index in [1.807, 2.05) is 24.2 Å². The van der Waals surface area contributed by atoms with Gasteiger partial charge in [0, 0.05) is 23.4 Å². The number of hydrogen-bond acceptors (Lipinski definition) is 4. The van der Waals surface area contributed by atoms with E-state index < -0.39 is 11.6 Å². The summed E-state index contributed by atoms with van der Waals surface area (Å²) in [5.74, 6) is -1.20.